The van der Waals surface area contributed by atoms with Gasteiger partial charge in [0.25, 0.3) is 0 Å². The number of amides is 1. The summed E-state index contributed by atoms with van der Waals surface area (Å²) in [6, 6.07) is 0. The number of rotatable bonds is 7. The van der Waals surface area contributed by atoms with Crippen molar-refractivity contribution in [3.8, 4) is 0 Å². The van der Waals surface area contributed by atoms with E-state index in [0.29, 0.717) is 25.0 Å². The van der Waals surface area contributed by atoms with E-state index in [1.165, 1.54) is 0 Å². The Bertz CT molecular complexity index is 536. The molecule has 0 aliphatic heterocycles. The fraction of sp³-hybridized carbons (Fsp3) is 0.688. The third-order valence-corrected chi connectivity index (χ3v) is 4.27. The van der Waals surface area contributed by atoms with Crippen molar-refractivity contribution in [1.82, 2.24) is 20.9 Å². The molecule has 1 aromatic rings. The summed E-state index contributed by atoms with van der Waals surface area (Å²) in [5.41, 5.74) is 0.607. The summed E-state index contributed by atoms with van der Waals surface area (Å²) < 4.78 is 0. The van der Waals surface area contributed by atoms with E-state index in [0.717, 1.165) is 17.2 Å². The minimum Gasteiger partial charge on any atom is -0.359 e. The fourth-order valence-electron chi connectivity index (χ4n) is 1.87. The van der Waals surface area contributed by atoms with Gasteiger partial charge in [-0.25, -0.2) is 9.98 Å². The standard InChI is InChI=1S/C16H29N5OS/c1-7-18-15(20-10-16(4,5)14(22)17-6)19-8-13-21-12(9-23-13)11(2)3/h9,11H,7-8,10H2,1-6H3,(H,17,22)(H2,18,19,20). The number of aromatic nitrogens is 1. The molecule has 1 heterocycles. The molecule has 3 N–H and O–H groups in total. The van der Waals surface area contributed by atoms with Crippen LogP contribution in [0.3, 0.4) is 0 Å². The molecule has 130 valence electrons. The number of hydrogen-bond acceptors (Lipinski definition) is 4. The highest BCUT2D eigenvalue weighted by Crippen LogP contribution is 2.18. The van der Waals surface area contributed by atoms with Gasteiger partial charge in [-0.3, -0.25) is 4.79 Å². The third kappa shape index (κ3) is 6.17. The van der Waals surface area contributed by atoms with Crippen molar-refractivity contribution in [2.24, 2.45) is 10.4 Å². The molecular formula is C16H29N5OS. The second kappa shape index (κ2) is 8.86. The summed E-state index contributed by atoms with van der Waals surface area (Å²) in [7, 11) is 1.65. The van der Waals surface area contributed by atoms with Gasteiger partial charge >= 0.3 is 0 Å². The van der Waals surface area contributed by atoms with Gasteiger partial charge in [0.1, 0.15) is 5.01 Å². The molecule has 0 saturated heterocycles. The summed E-state index contributed by atoms with van der Waals surface area (Å²) in [6.45, 7) is 11.9. The number of carbonyl (C=O) groups excluding carboxylic acids is 1. The average molecular weight is 340 g/mol. The van der Waals surface area contributed by atoms with E-state index >= 15 is 0 Å². The maximum atomic E-state index is 11.8. The van der Waals surface area contributed by atoms with Crippen molar-refractivity contribution < 1.29 is 4.79 Å². The zero-order chi connectivity index (χ0) is 17.5. The summed E-state index contributed by atoms with van der Waals surface area (Å²) in [6.07, 6.45) is 0. The predicted octanol–water partition coefficient (Wildman–Crippen LogP) is 2.09. The largest absolute Gasteiger partial charge is 0.359 e. The van der Waals surface area contributed by atoms with E-state index in [1.807, 2.05) is 20.8 Å². The predicted molar refractivity (Wildman–Crippen MR) is 96.9 cm³/mol. The number of nitrogens with zero attached hydrogens (tertiary/aromatic N) is 2. The quantitative estimate of drug-likeness (QED) is 0.525. The Labute approximate surface area is 143 Å². The molecule has 7 heteroatoms. The molecule has 0 aliphatic rings. The van der Waals surface area contributed by atoms with Crippen LogP contribution in [0, 0.1) is 5.41 Å². The molecule has 0 spiro atoms. The lowest BCUT2D eigenvalue weighted by Crippen LogP contribution is -2.47. The molecule has 0 aliphatic carbocycles. The molecule has 0 fully saturated rings. The summed E-state index contributed by atoms with van der Waals surface area (Å²) in [4.78, 5) is 21.0. The molecule has 0 bridgehead atoms. The van der Waals surface area contributed by atoms with Crippen LogP contribution < -0.4 is 16.0 Å². The maximum Gasteiger partial charge on any atom is 0.227 e. The molecule has 1 aromatic heterocycles. The lowest BCUT2D eigenvalue weighted by molar-refractivity contribution is -0.128. The zero-order valence-electron chi connectivity index (χ0n) is 15.0. The van der Waals surface area contributed by atoms with Gasteiger partial charge in [-0.05, 0) is 26.7 Å². The molecular weight excluding hydrogens is 310 g/mol. The fourth-order valence-corrected chi connectivity index (χ4v) is 2.75. The van der Waals surface area contributed by atoms with E-state index in [4.69, 9.17) is 0 Å². The van der Waals surface area contributed by atoms with Crippen LogP contribution in [-0.4, -0.2) is 37.0 Å². The number of carbonyl (C=O) groups is 1. The van der Waals surface area contributed by atoms with Crippen LogP contribution in [0.15, 0.2) is 10.4 Å². The summed E-state index contributed by atoms with van der Waals surface area (Å²) in [5.74, 6) is 1.14. The van der Waals surface area contributed by atoms with Gasteiger partial charge in [0, 0.05) is 25.5 Å². The maximum absolute atomic E-state index is 11.8. The Morgan fingerprint density at radius 2 is 2.09 bits per heavy atom. The van der Waals surface area contributed by atoms with Crippen molar-refractivity contribution in [3.05, 3.63) is 16.1 Å². The first-order valence-electron chi connectivity index (χ1n) is 7.98. The molecule has 0 unspecified atom stereocenters. The van der Waals surface area contributed by atoms with Crippen LogP contribution in [0.5, 0.6) is 0 Å². The number of thiazole rings is 1. The first kappa shape index (κ1) is 19.4. The van der Waals surface area contributed by atoms with Crippen molar-refractivity contribution in [2.45, 2.75) is 47.1 Å². The van der Waals surface area contributed by atoms with Crippen LogP contribution in [-0.2, 0) is 11.3 Å². The van der Waals surface area contributed by atoms with Gasteiger partial charge in [-0.15, -0.1) is 11.3 Å². The minimum atomic E-state index is -0.503. The van der Waals surface area contributed by atoms with E-state index in [9.17, 15) is 4.79 Å². The smallest absolute Gasteiger partial charge is 0.227 e. The van der Waals surface area contributed by atoms with Gasteiger partial charge < -0.3 is 16.0 Å². The minimum absolute atomic E-state index is 0.00217. The highest BCUT2D eigenvalue weighted by Gasteiger charge is 2.26. The van der Waals surface area contributed by atoms with Crippen molar-refractivity contribution in [2.75, 3.05) is 20.1 Å². The Morgan fingerprint density at radius 1 is 1.39 bits per heavy atom. The summed E-state index contributed by atoms with van der Waals surface area (Å²) >= 11 is 1.63. The van der Waals surface area contributed by atoms with E-state index in [1.54, 1.807) is 18.4 Å². The lowest BCUT2D eigenvalue weighted by atomic mass is 9.92. The molecule has 0 saturated carbocycles. The van der Waals surface area contributed by atoms with E-state index in [2.05, 4.69) is 45.2 Å². The number of aliphatic imine (C=N–C) groups is 1. The topological polar surface area (TPSA) is 78.4 Å². The molecule has 0 aromatic carbocycles. The van der Waals surface area contributed by atoms with Crippen molar-refractivity contribution in [3.63, 3.8) is 0 Å². The Morgan fingerprint density at radius 3 is 2.61 bits per heavy atom. The highest BCUT2D eigenvalue weighted by molar-refractivity contribution is 7.09. The van der Waals surface area contributed by atoms with Crippen LogP contribution in [0.4, 0.5) is 0 Å². The Kier molecular flexibility index (Phi) is 7.48. The number of hydrogen-bond donors (Lipinski definition) is 3. The SMILES string of the molecule is CCNC(=NCc1nc(C(C)C)cs1)NCC(C)(C)C(=O)NC. The Hall–Kier alpha value is -1.63. The molecule has 1 rings (SSSR count). The van der Waals surface area contributed by atoms with Crippen LogP contribution in [0.25, 0.3) is 0 Å². The first-order chi connectivity index (χ1) is 10.8. The number of nitrogens with one attached hydrogen (secondary N) is 3. The molecule has 0 atom stereocenters. The van der Waals surface area contributed by atoms with Gasteiger partial charge in [-0.1, -0.05) is 13.8 Å². The van der Waals surface area contributed by atoms with E-state index in [-0.39, 0.29) is 5.91 Å². The van der Waals surface area contributed by atoms with Gasteiger partial charge in [0.2, 0.25) is 5.91 Å². The highest BCUT2D eigenvalue weighted by atomic mass is 32.1. The third-order valence-electron chi connectivity index (χ3n) is 3.42. The number of guanidine groups is 1. The van der Waals surface area contributed by atoms with Gasteiger partial charge in [0.05, 0.1) is 17.7 Å². The second-order valence-corrected chi connectivity index (χ2v) is 7.28. The zero-order valence-corrected chi connectivity index (χ0v) is 15.8. The van der Waals surface area contributed by atoms with Crippen molar-refractivity contribution in [1.29, 1.82) is 0 Å². The van der Waals surface area contributed by atoms with Gasteiger partial charge in [-0.2, -0.15) is 0 Å². The van der Waals surface area contributed by atoms with Crippen molar-refractivity contribution >= 4 is 23.2 Å². The first-order valence-corrected chi connectivity index (χ1v) is 8.86. The molecule has 0 radical (unpaired) electrons. The second-order valence-electron chi connectivity index (χ2n) is 6.33. The van der Waals surface area contributed by atoms with Crippen LogP contribution in [0.1, 0.15) is 51.2 Å². The molecule has 1 amide bonds. The Balaban J connectivity index is 2.67. The average Bonchev–Trinajstić information content (AvgIpc) is 2.98. The van der Waals surface area contributed by atoms with E-state index < -0.39 is 5.41 Å². The monoisotopic (exact) mass is 339 g/mol. The van der Waals surface area contributed by atoms with Gasteiger partial charge in [0.15, 0.2) is 5.96 Å². The lowest BCUT2D eigenvalue weighted by Gasteiger charge is -2.24. The van der Waals surface area contributed by atoms with Crippen LogP contribution in [0.2, 0.25) is 0 Å². The summed E-state index contributed by atoms with van der Waals surface area (Å²) in [5, 5.41) is 12.2. The molecule has 6 nitrogen and oxygen atoms in total. The molecule has 23 heavy (non-hydrogen) atoms. The van der Waals surface area contributed by atoms with Crippen LogP contribution >= 0.6 is 11.3 Å². The normalized spacial score (nSPS) is 12.4.